The first-order valence-electron chi connectivity index (χ1n) is 7.12. The van der Waals surface area contributed by atoms with E-state index in [4.69, 9.17) is 10.5 Å². The Bertz CT molecular complexity index is 1050. The van der Waals surface area contributed by atoms with Crippen LogP contribution in [-0.2, 0) is 0 Å². The van der Waals surface area contributed by atoms with Crippen molar-refractivity contribution in [2.75, 3.05) is 5.32 Å². The van der Waals surface area contributed by atoms with Crippen LogP contribution in [-0.4, -0.2) is 14.9 Å². The minimum atomic E-state index is -0.454. The van der Waals surface area contributed by atoms with Gasteiger partial charge in [-0.3, -0.25) is 10.1 Å². The van der Waals surface area contributed by atoms with Crippen molar-refractivity contribution in [1.29, 1.82) is 10.5 Å². The van der Waals surface area contributed by atoms with Crippen LogP contribution in [0.25, 0.3) is 22.4 Å². The summed E-state index contributed by atoms with van der Waals surface area (Å²) in [6.07, 6.45) is 1.33. The molecule has 8 heteroatoms. The Morgan fingerprint density at radius 2 is 1.92 bits per heavy atom. The molecular formula is C17H10N6O2. The van der Waals surface area contributed by atoms with Gasteiger partial charge in [-0.2, -0.15) is 10.5 Å². The standard InChI is InChI=1S/C17H10N6O2/c18-8-11(9-19)10-20-13-3-1-12(2-4-13)17-21-15-6-5-14(23(24)25)7-16(15)22-17/h1-7,10,20H,(H,21,22). The number of hydrogen-bond donors (Lipinski definition) is 2. The molecule has 8 nitrogen and oxygen atoms in total. The largest absolute Gasteiger partial charge is 0.360 e. The van der Waals surface area contributed by atoms with Crippen LogP contribution in [0.15, 0.2) is 54.2 Å². The van der Waals surface area contributed by atoms with E-state index in [-0.39, 0.29) is 11.3 Å². The highest BCUT2D eigenvalue weighted by Gasteiger charge is 2.10. The molecule has 2 N–H and O–H groups in total. The highest BCUT2D eigenvalue weighted by atomic mass is 16.6. The number of allylic oxidation sites excluding steroid dienone is 1. The Hall–Kier alpha value is -4.17. The molecule has 0 radical (unpaired) electrons. The predicted molar refractivity (Wildman–Crippen MR) is 91.1 cm³/mol. The molecule has 0 aliphatic carbocycles. The van der Waals surface area contributed by atoms with Crippen LogP contribution >= 0.6 is 0 Å². The zero-order chi connectivity index (χ0) is 17.8. The SMILES string of the molecule is N#CC(C#N)=CNc1ccc(-c2nc3ccc([N+](=O)[O-])cc3[nH]2)cc1. The molecule has 0 amide bonds. The molecule has 0 atom stereocenters. The summed E-state index contributed by atoms with van der Waals surface area (Å²) in [6, 6.07) is 15.1. The summed E-state index contributed by atoms with van der Waals surface area (Å²) in [7, 11) is 0. The normalized spacial score (nSPS) is 9.84. The number of benzene rings is 2. The van der Waals surface area contributed by atoms with Crippen LogP contribution in [0.2, 0.25) is 0 Å². The smallest absolute Gasteiger partial charge is 0.271 e. The van der Waals surface area contributed by atoms with Gasteiger partial charge in [-0.25, -0.2) is 4.98 Å². The van der Waals surface area contributed by atoms with Crippen LogP contribution in [0.1, 0.15) is 0 Å². The lowest BCUT2D eigenvalue weighted by Crippen LogP contribution is -1.90. The maximum Gasteiger partial charge on any atom is 0.271 e. The lowest BCUT2D eigenvalue weighted by Gasteiger charge is -2.02. The van der Waals surface area contributed by atoms with Crippen molar-refractivity contribution in [2.45, 2.75) is 0 Å². The number of fused-ring (bicyclic) bond motifs is 1. The van der Waals surface area contributed by atoms with Gasteiger partial charge < -0.3 is 10.3 Å². The highest BCUT2D eigenvalue weighted by molar-refractivity contribution is 5.81. The van der Waals surface area contributed by atoms with E-state index in [2.05, 4.69) is 15.3 Å². The topological polar surface area (TPSA) is 131 Å². The van der Waals surface area contributed by atoms with Crippen molar-refractivity contribution in [3.8, 4) is 23.5 Å². The van der Waals surface area contributed by atoms with Gasteiger partial charge in [0.05, 0.1) is 16.0 Å². The monoisotopic (exact) mass is 330 g/mol. The van der Waals surface area contributed by atoms with Gasteiger partial charge in [0.25, 0.3) is 5.69 Å². The van der Waals surface area contributed by atoms with Crippen molar-refractivity contribution in [2.24, 2.45) is 0 Å². The molecule has 1 aromatic heterocycles. The molecule has 0 saturated carbocycles. The van der Waals surface area contributed by atoms with Gasteiger partial charge in [0, 0.05) is 29.6 Å². The fourth-order valence-corrected chi connectivity index (χ4v) is 2.22. The first-order valence-corrected chi connectivity index (χ1v) is 7.12. The molecule has 0 unspecified atom stereocenters. The van der Waals surface area contributed by atoms with Crippen molar-refractivity contribution < 1.29 is 4.92 Å². The summed E-state index contributed by atoms with van der Waals surface area (Å²) in [5.74, 6) is 0.590. The average molecular weight is 330 g/mol. The quantitative estimate of drug-likeness (QED) is 0.427. The van der Waals surface area contributed by atoms with Gasteiger partial charge in [-0.1, -0.05) is 0 Å². The van der Waals surface area contributed by atoms with E-state index in [9.17, 15) is 10.1 Å². The summed E-state index contributed by atoms with van der Waals surface area (Å²) in [4.78, 5) is 17.9. The molecule has 3 rings (SSSR count). The third kappa shape index (κ3) is 3.28. The van der Waals surface area contributed by atoms with Crippen molar-refractivity contribution in [3.05, 3.63) is 64.4 Å². The van der Waals surface area contributed by atoms with Gasteiger partial charge in [-0.05, 0) is 30.3 Å². The molecule has 3 aromatic rings. The van der Waals surface area contributed by atoms with E-state index in [1.807, 2.05) is 0 Å². The second-order valence-electron chi connectivity index (χ2n) is 5.05. The number of imidazole rings is 1. The minimum Gasteiger partial charge on any atom is -0.360 e. The van der Waals surface area contributed by atoms with E-state index in [1.165, 1.54) is 18.3 Å². The number of rotatable bonds is 4. The first-order chi connectivity index (χ1) is 12.1. The van der Waals surface area contributed by atoms with Gasteiger partial charge in [0.1, 0.15) is 23.5 Å². The van der Waals surface area contributed by atoms with Gasteiger partial charge in [0.15, 0.2) is 0 Å². The van der Waals surface area contributed by atoms with Crippen LogP contribution < -0.4 is 5.32 Å². The van der Waals surface area contributed by atoms with Crippen LogP contribution in [0, 0.1) is 32.8 Å². The van der Waals surface area contributed by atoms with Crippen LogP contribution in [0.4, 0.5) is 11.4 Å². The molecule has 25 heavy (non-hydrogen) atoms. The van der Waals surface area contributed by atoms with E-state index >= 15 is 0 Å². The highest BCUT2D eigenvalue weighted by Crippen LogP contribution is 2.24. The Balaban J connectivity index is 1.86. The molecule has 0 spiro atoms. The molecule has 2 aromatic carbocycles. The number of nitrogens with one attached hydrogen (secondary N) is 2. The number of hydrogen-bond acceptors (Lipinski definition) is 6. The molecule has 0 saturated heterocycles. The molecule has 0 aliphatic rings. The van der Waals surface area contributed by atoms with Gasteiger partial charge in [-0.15, -0.1) is 0 Å². The minimum absolute atomic E-state index is 0.000162. The summed E-state index contributed by atoms with van der Waals surface area (Å²) in [5, 5.41) is 31.1. The number of nitriles is 2. The Morgan fingerprint density at radius 1 is 1.20 bits per heavy atom. The number of nitrogens with zero attached hydrogens (tertiary/aromatic N) is 4. The number of non-ortho nitro benzene ring substituents is 1. The van der Waals surface area contributed by atoms with E-state index < -0.39 is 4.92 Å². The Kier molecular flexibility index (Phi) is 4.10. The maximum atomic E-state index is 10.8. The zero-order valence-corrected chi connectivity index (χ0v) is 12.7. The Morgan fingerprint density at radius 3 is 2.56 bits per heavy atom. The fourth-order valence-electron chi connectivity index (χ4n) is 2.22. The molecular weight excluding hydrogens is 320 g/mol. The molecule has 0 bridgehead atoms. The molecule has 120 valence electrons. The maximum absolute atomic E-state index is 10.8. The average Bonchev–Trinajstić information content (AvgIpc) is 3.06. The van der Waals surface area contributed by atoms with E-state index in [1.54, 1.807) is 42.5 Å². The number of nitro groups is 1. The second kappa shape index (κ2) is 6.52. The van der Waals surface area contributed by atoms with Crippen molar-refractivity contribution in [1.82, 2.24) is 9.97 Å². The summed E-state index contributed by atoms with van der Waals surface area (Å²) >= 11 is 0. The molecule has 0 fully saturated rings. The number of aromatic amines is 1. The van der Waals surface area contributed by atoms with E-state index in [0.29, 0.717) is 22.5 Å². The third-order valence-electron chi connectivity index (χ3n) is 3.46. The number of anilines is 1. The molecule has 1 heterocycles. The van der Waals surface area contributed by atoms with Gasteiger partial charge >= 0.3 is 0 Å². The second-order valence-corrected chi connectivity index (χ2v) is 5.05. The summed E-state index contributed by atoms with van der Waals surface area (Å²) in [6.45, 7) is 0. The number of nitro benzene ring substituents is 1. The van der Waals surface area contributed by atoms with Crippen molar-refractivity contribution >= 4 is 22.4 Å². The Labute approximate surface area is 141 Å². The fraction of sp³-hybridized carbons (Fsp3) is 0. The van der Waals surface area contributed by atoms with Crippen LogP contribution in [0.3, 0.4) is 0 Å². The van der Waals surface area contributed by atoms with Crippen LogP contribution in [0.5, 0.6) is 0 Å². The molecule has 0 aliphatic heterocycles. The number of H-pyrrole nitrogens is 1. The zero-order valence-electron chi connectivity index (χ0n) is 12.7. The summed E-state index contributed by atoms with van der Waals surface area (Å²) in [5.41, 5.74) is 2.70. The van der Waals surface area contributed by atoms with E-state index in [0.717, 1.165) is 5.56 Å². The number of aromatic nitrogens is 2. The van der Waals surface area contributed by atoms with Crippen molar-refractivity contribution in [3.63, 3.8) is 0 Å². The van der Waals surface area contributed by atoms with Gasteiger partial charge in [0.2, 0.25) is 0 Å². The summed E-state index contributed by atoms with van der Waals surface area (Å²) < 4.78 is 0. The first kappa shape index (κ1) is 15.7. The third-order valence-corrected chi connectivity index (χ3v) is 3.46. The predicted octanol–water partition coefficient (Wildman–Crippen LogP) is 3.48. The lowest BCUT2D eigenvalue weighted by atomic mass is 10.2. The lowest BCUT2D eigenvalue weighted by molar-refractivity contribution is -0.384.